The third kappa shape index (κ3) is 4.08. The molecule has 35 heavy (non-hydrogen) atoms. The monoisotopic (exact) mass is 474 g/mol. The molecular formula is C25H15FN2O7. The van der Waals surface area contributed by atoms with Gasteiger partial charge in [-0.25, -0.2) is 18.9 Å². The third-order valence-corrected chi connectivity index (χ3v) is 5.22. The number of carbonyl (C=O) groups excluding carboxylic acids is 4. The number of urea groups is 1. The van der Waals surface area contributed by atoms with Crippen LogP contribution < -0.4 is 24.4 Å². The van der Waals surface area contributed by atoms with Gasteiger partial charge in [0, 0.05) is 5.56 Å². The molecule has 0 aliphatic carbocycles. The Hall–Kier alpha value is -4.99. The fourth-order valence-corrected chi connectivity index (χ4v) is 3.54. The summed E-state index contributed by atoms with van der Waals surface area (Å²) in [6.45, 7) is 0.0483. The van der Waals surface area contributed by atoms with Crippen molar-refractivity contribution in [1.29, 1.82) is 0 Å². The van der Waals surface area contributed by atoms with Gasteiger partial charge in [-0.1, -0.05) is 30.3 Å². The van der Waals surface area contributed by atoms with E-state index in [0.717, 1.165) is 6.07 Å². The fraction of sp³-hybridized carbons (Fsp3) is 0.0400. The Bertz CT molecular complexity index is 1430. The zero-order valence-corrected chi connectivity index (χ0v) is 17.8. The van der Waals surface area contributed by atoms with Gasteiger partial charge < -0.3 is 14.2 Å². The van der Waals surface area contributed by atoms with E-state index in [2.05, 4.69) is 0 Å². The molecule has 0 bridgehead atoms. The van der Waals surface area contributed by atoms with Crippen LogP contribution in [0.25, 0.3) is 6.08 Å². The van der Waals surface area contributed by atoms with Crippen molar-refractivity contribution in [1.82, 2.24) is 5.32 Å². The summed E-state index contributed by atoms with van der Waals surface area (Å²) in [5, 5.41) is 2.02. The minimum absolute atomic E-state index is 0.0483. The van der Waals surface area contributed by atoms with E-state index in [9.17, 15) is 23.6 Å². The Morgan fingerprint density at radius 1 is 0.971 bits per heavy atom. The Morgan fingerprint density at radius 2 is 1.71 bits per heavy atom. The molecule has 1 fully saturated rings. The van der Waals surface area contributed by atoms with E-state index < -0.39 is 35.2 Å². The maximum absolute atomic E-state index is 14.3. The first-order chi connectivity index (χ1) is 16.9. The van der Waals surface area contributed by atoms with Crippen LogP contribution in [-0.4, -0.2) is 30.6 Å². The molecule has 2 aliphatic rings. The highest BCUT2D eigenvalue weighted by atomic mass is 19.1. The van der Waals surface area contributed by atoms with Gasteiger partial charge in [-0.2, -0.15) is 0 Å². The first-order valence-corrected chi connectivity index (χ1v) is 10.3. The molecule has 0 unspecified atom stereocenters. The standard InChI is InChI=1S/C25H15FN2O7/c26-17-6-2-3-7-18(17)28-23(30)16(22(29)27-25(28)32)11-14-5-1-4-8-19(14)35-24(31)15-9-10-20-21(12-15)34-13-33-20/h1-12H,13H2,(H,27,29,32). The number of hydrogen-bond donors (Lipinski definition) is 1. The van der Waals surface area contributed by atoms with Gasteiger partial charge in [0.2, 0.25) is 6.79 Å². The summed E-state index contributed by atoms with van der Waals surface area (Å²) >= 11 is 0. The number of para-hydroxylation sites is 2. The summed E-state index contributed by atoms with van der Waals surface area (Å²) < 4.78 is 30.3. The van der Waals surface area contributed by atoms with Crippen molar-refractivity contribution in [2.75, 3.05) is 11.7 Å². The predicted molar refractivity (Wildman–Crippen MR) is 119 cm³/mol. The number of hydrogen-bond acceptors (Lipinski definition) is 7. The lowest BCUT2D eigenvalue weighted by atomic mass is 10.1. The van der Waals surface area contributed by atoms with E-state index >= 15 is 0 Å². The lowest BCUT2D eigenvalue weighted by Crippen LogP contribution is -2.54. The van der Waals surface area contributed by atoms with E-state index in [4.69, 9.17) is 14.2 Å². The van der Waals surface area contributed by atoms with Crippen molar-refractivity contribution in [2.24, 2.45) is 0 Å². The number of nitrogens with one attached hydrogen (secondary N) is 1. The number of nitrogens with zero attached hydrogens (tertiary/aromatic N) is 1. The maximum Gasteiger partial charge on any atom is 0.343 e. The fourth-order valence-electron chi connectivity index (χ4n) is 3.54. The van der Waals surface area contributed by atoms with Crippen molar-refractivity contribution >= 4 is 35.6 Å². The molecule has 0 spiro atoms. The van der Waals surface area contributed by atoms with Gasteiger partial charge >= 0.3 is 12.0 Å². The Balaban J connectivity index is 1.46. The van der Waals surface area contributed by atoms with Gasteiger partial charge in [-0.3, -0.25) is 14.9 Å². The molecule has 1 saturated heterocycles. The summed E-state index contributed by atoms with van der Waals surface area (Å²) in [4.78, 5) is 51.1. The molecule has 10 heteroatoms. The Morgan fingerprint density at radius 3 is 2.54 bits per heavy atom. The van der Waals surface area contributed by atoms with Crippen molar-refractivity contribution in [3.05, 3.63) is 89.2 Å². The molecule has 4 amide bonds. The highest BCUT2D eigenvalue weighted by Gasteiger charge is 2.38. The molecule has 2 aliphatic heterocycles. The molecule has 3 aromatic carbocycles. The van der Waals surface area contributed by atoms with Gasteiger partial charge in [0.1, 0.15) is 17.1 Å². The number of barbiturate groups is 1. The van der Waals surface area contributed by atoms with Crippen LogP contribution in [0.1, 0.15) is 15.9 Å². The highest BCUT2D eigenvalue weighted by Crippen LogP contribution is 2.33. The second kappa shape index (κ2) is 8.75. The average Bonchev–Trinajstić information content (AvgIpc) is 3.32. The van der Waals surface area contributed by atoms with E-state index in [1.165, 1.54) is 48.5 Å². The number of imide groups is 2. The largest absolute Gasteiger partial charge is 0.454 e. The lowest BCUT2D eigenvalue weighted by molar-refractivity contribution is -0.122. The Labute approximate surface area is 197 Å². The highest BCUT2D eigenvalue weighted by molar-refractivity contribution is 6.39. The summed E-state index contributed by atoms with van der Waals surface area (Å²) in [6, 6.07) is 14.8. The number of amides is 4. The van der Waals surface area contributed by atoms with Gasteiger partial charge in [0.05, 0.1) is 11.3 Å². The van der Waals surface area contributed by atoms with Gasteiger partial charge in [-0.05, 0) is 42.5 Å². The summed E-state index contributed by atoms with van der Waals surface area (Å²) in [6.07, 6.45) is 1.17. The maximum atomic E-state index is 14.3. The summed E-state index contributed by atoms with van der Waals surface area (Å²) in [5.41, 5.74) is -0.349. The van der Waals surface area contributed by atoms with Crippen LogP contribution in [0.15, 0.2) is 72.3 Å². The molecule has 9 nitrogen and oxygen atoms in total. The molecule has 0 saturated carbocycles. The predicted octanol–water partition coefficient (Wildman–Crippen LogP) is 3.44. The normalized spacial score (nSPS) is 15.9. The number of esters is 1. The van der Waals surface area contributed by atoms with Crippen LogP contribution in [0.4, 0.5) is 14.9 Å². The van der Waals surface area contributed by atoms with Crippen molar-refractivity contribution < 1.29 is 37.8 Å². The number of ether oxygens (including phenoxy) is 3. The first kappa shape index (κ1) is 21.8. The van der Waals surface area contributed by atoms with E-state index in [1.54, 1.807) is 18.2 Å². The van der Waals surface area contributed by atoms with Crippen molar-refractivity contribution in [2.45, 2.75) is 0 Å². The lowest BCUT2D eigenvalue weighted by Gasteiger charge is -2.26. The summed E-state index contributed by atoms with van der Waals surface area (Å²) in [7, 11) is 0. The average molecular weight is 474 g/mol. The number of halogens is 1. The van der Waals surface area contributed by atoms with Gasteiger partial charge in [0.25, 0.3) is 11.8 Å². The van der Waals surface area contributed by atoms with Crippen LogP contribution in [0, 0.1) is 5.82 Å². The number of anilines is 1. The number of rotatable bonds is 4. The second-order valence-corrected chi connectivity index (χ2v) is 7.40. The van der Waals surface area contributed by atoms with E-state index in [1.807, 2.05) is 5.32 Å². The zero-order chi connectivity index (χ0) is 24.5. The molecule has 5 rings (SSSR count). The number of fused-ring (bicyclic) bond motifs is 1. The van der Waals surface area contributed by atoms with Crippen LogP contribution >= 0.6 is 0 Å². The molecule has 0 radical (unpaired) electrons. The van der Waals surface area contributed by atoms with Crippen LogP contribution in [-0.2, 0) is 9.59 Å². The second-order valence-electron chi connectivity index (χ2n) is 7.40. The van der Waals surface area contributed by atoms with Gasteiger partial charge in [-0.15, -0.1) is 0 Å². The number of carbonyl (C=O) groups is 4. The van der Waals surface area contributed by atoms with E-state index in [-0.39, 0.29) is 29.4 Å². The third-order valence-electron chi connectivity index (χ3n) is 5.22. The minimum Gasteiger partial charge on any atom is -0.454 e. The molecule has 3 aromatic rings. The minimum atomic E-state index is -1.08. The molecule has 1 N–H and O–H groups in total. The Kier molecular flexibility index (Phi) is 5.46. The van der Waals surface area contributed by atoms with Crippen molar-refractivity contribution in [3.63, 3.8) is 0 Å². The molecule has 0 atom stereocenters. The van der Waals surface area contributed by atoms with Crippen molar-refractivity contribution in [3.8, 4) is 17.2 Å². The SMILES string of the molecule is O=C1NC(=O)N(c2ccccc2F)C(=O)C1=Cc1ccccc1OC(=O)c1ccc2c(c1)OCO2. The van der Waals surface area contributed by atoms with Crippen LogP contribution in [0.5, 0.6) is 17.2 Å². The zero-order valence-electron chi connectivity index (χ0n) is 17.8. The molecule has 0 aromatic heterocycles. The van der Waals surface area contributed by atoms with E-state index in [0.29, 0.717) is 16.4 Å². The topological polar surface area (TPSA) is 111 Å². The molecule has 2 heterocycles. The smallest absolute Gasteiger partial charge is 0.343 e. The molecular weight excluding hydrogens is 459 g/mol. The number of benzene rings is 3. The van der Waals surface area contributed by atoms with Crippen LogP contribution in [0.3, 0.4) is 0 Å². The first-order valence-electron chi connectivity index (χ1n) is 10.3. The van der Waals surface area contributed by atoms with Gasteiger partial charge in [0.15, 0.2) is 11.5 Å². The quantitative estimate of drug-likeness (QED) is 0.267. The van der Waals surface area contributed by atoms with Crippen LogP contribution in [0.2, 0.25) is 0 Å². The summed E-state index contributed by atoms with van der Waals surface area (Å²) in [5.74, 6) is -2.57. The molecule has 174 valence electrons.